The molecular weight excluding hydrogens is 240 g/mol. The fourth-order valence-corrected chi connectivity index (χ4v) is 1.65. The van der Waals surface area contributed by atoms with Crippen LogP contribution in [0.4, 0.5) is 0 Å². The monoisotopic (exact) mass is 256 g/mol. The molecule has 0 bridgehead atoms. The molecule has 2 aromatic rings. The van der Waals surface area contributed by atoms with E-state index in [2.05, 4.69) is 4.98 Å². The van der Waals surface area contributed by atoms with Gasteiger partial charge in [-0.1, -0.05) is 17.7 Å². The quantitative estimate of drug-likeness (QED) is 0.480. The minimum absolute atomic E-state index is 0.408. The van der Waals surface area contributed by atoms with Crippen LogP contribution in [0.5, 0.6) is 5.75 Å². The lowest BCUT2D eigenvalue weighted by Crippen LogP contribution is -2.04. The summed E-state index contributed by atoms with van der Waals surface area (Å²) in [5.74, 6) is 0.872. The summed E-state index contributed by atoms with van der Waals surface area (Å²) in [5, 5.41) is 0. The Bertz CT molecular complexity index is 582. The molecule has 0 saturated heterocycles. The molecule has 0 saturated carbocycles. The van der Waals surface area contributed by atoms with E-state index in [1.165, 1.54) is 6.08 Å². The molecule has 98 valence electrons. The molecule has 1 aromatic carbocycles. The van der Waals surface area contributed by atoms with E-state index < -0.39 is 5.97 Å². The van der Waals surface area contributed by atoms with E-state index in [9.17, 15) is 4.79 Å². The molecule has 4 nitrogen and oxygen atoms in total. The van der Waals surface area contributed by atoms with Gasteiger partial charge in [0.2, 0.25) is 0 Å². The zero-order chi connectivity index (χ0) is 13.7. The molecule has 0 unspecified atom stereocenters. The molecule has 4 heteroatoms. The summed E-state index contributed by atoms with van der Waals surface area (Å²) in [6.45, 7) is 4.81. The Morgan fingerprint density at radius 2 is 2.11 bits per heavy atom. The lowest BCUT2D eigenvalue weighted by atomic mass is 10.2. The number of carbonyl (C=O) groups excluding carboxylic acids is 1. The first-order valence-corrected chi connectivity index (χ1v) is 6.16. The predicted molar refractivity (Wildman–Crippen MR) is 73.7 cm³/mol. The summed E-state index contributed by atoms with van der Waals surface area (Å²) >= 11 is 0. The average Bonchev–Trinajstić information content (AvgIpc) is 2.86. The molecule has 2 rings (SSSR count). The highest BCUT2D eigenvalue weighted by atomic mass is 16.5. The molecule has 0 fully saturated rings. The van der Waals surface area contributed by atoms with Crippen molar-refractivity contribution in [3.8, 4) is 5.75 Å². The molecule has 0 radical (unpaired) electrons. The van der Waals surface area contributed by atoms with Crippen LogP contribution in [0, 0.1) is 6.92 Å². The van der Waals surface area contributed by atoms with Crippen LogP contribution < -0.4 is 4.74 Å². The second-order valence-corrected chi connectivity index (χ2v) is 4.14. The molecular formula is C15H16N2O2. The van der Waals surface area contributed by atoms with Crippen LogP contribution in [-0.2, 0) is 11.3 Å². The van der Waals surface area contributed by atoms with Crippen LogP contribution in [0.2, 0.25) is 0 Å². The topological polar surface area (TPSA) is 44.1 Å². The Morgan fingerprint density at radius 3 is 2.79 bits per heavy atom. The average molecular weight is 256 g/mol. The number of aryl methyl sites for hydroxylation is 2. The number of rotatable bonds is 4. The third kappa shape index (κ3) is 3.55. The van der Waals surface area contributed by atoms with Gasteiger partial charge >= 0.3 is 5.97 Å². The van der Waals surface area contributed by atoms with Crippen LogP contribution in [-0.4, -0.2) is 15.5 Å². The van der Waals surface area contributed by atoms with Crippen molar-refractivity contribution in [2.45, 2.75) is 20.4 Å². The molecule has 1 aromatic heterocycles. The normalized spacial score (nSPS) is 10.8. The van der Waals surface area contributed by atoms with Gasteiger partial charge in [-0.3, -0.25) is 0 Å². The second-order valence-electron chi connectivity index (χ2n) is 4.14. The van der Waals surface area contributed by atoms with Crippen molar-refractivity contribution in [3.05, 3.63) is 54.1 Å². The Hall–Kier alpha value is -2.36. The number of benzene rings is 1. The van der Waals surface area contributed by atoms with Crippen LogP contribution in [0.15, 0.2) is 42.7 Å². The molecule has 0 N–H and O–H groups in total. The van der Waals surface area contributed by atoms with Crippen molar-refractivity contribution in [2.24, 2.45) is 0 Å². The summed E-state index contributed by atoms with van der Waals surface area (Å²) < 4.78 is 7.12. The first-order valence-electron chi connectivity index (χ1n) is 6.16. The van der Waals surface area contributed by atoms with Gasteiger partial charge in [-0.25, -0.2) is 9.78 Å². The molecule has 0 spiro atoms. The van der Waals surface area contributed by atoms with E-state index in [0.29, 0.717) is 5.75 Å². The number of nitrogens with zero attached hydrogens (tertiary/aromatic N) is 2. The number of ether oxygens (including phenoxy) is 1. The van der Waals surface area contributed by atoms with Gasteiger partial charge < -0.3 is 9.30 Å². The van der Waals surface area contributed by atoms with E-state index >= 15 is 0 Å². The Labute approximate surface area is 112 Å². The van der Waals surface area contributed by atoms with Crippen LogP contribution in [0.3, 0.4) is 0 Å². The minimum Gasteiger partial charge on any atom is -0.423 e. The fourth-order valence-electron chi connectivity index (χ4n) is 1.65. The summed E-state index contributed by atoms with van der Waals surface area (Å²) in [4.78, 5) is 15.8. The van der Waals surface area contributed by atoms with E-state index in [1.807, 2.05) is 36.7 Å². The van der Waals surface area contributed by atoms with Crippen LogP contribution >= 0.6 is 0 Å². The third-order valence-corrected chi connectivity index (χ3v) is 2.70. The van der Waals surface area contributed by atoms with Crippen molar-refractivity contribution in [2.75, 3.05) is 0 Å². The number of esters is 1. The van der Waals surface area contributed by atoms with Crippen LogP contribution in [0.1, 0.15) is 18.3 Å². The fraction of sp³-hybridized carbons (Fsp3) is 0.200. The van der Waals surface area contributed by atoms with E-state index in [0.717, 1.165) is 17.9 Å². The zero-order valence-corrected chi connectivity index (χ0v) is 11.0. The smallest absolute Gasteiger partial charge is 0.336 e. The summed E-state index contributed by atoms with van der Waals surface area (Å²) in [6, 6.07) is 7.34. The van der Waals surface area contributed by atoms with Gasteiger partial charge in [-0.2, -0.15) is 0 Å². The number of hydrogen-bond donors (Lipinski definition) is 0. The summed E-state index contributed by atoms with van der Waals surface area (Å²) in [6.07, 6.45) is 6.60. The molecule has 19 heavy (non-hydrogen) atoms. The number of carbonyl (C=O) groups is 1. The summed E-state index contributed by atoms with van der Waals surface area (Å²) in [5.41, 5.74) is 1.13. The van der Waals surface area contributed by atoms with Crippen molar-refractivity contribution in [3.63, 3.8) is 0 Å². The maximum atomic E-state index is 11.6. The van der Waals surface area contributed by atoms with Gasteiger partial charge in [0.15, 0.2) is 0 Å². The Kier molecular flexibility index (Phi) is 4.13. The van der Waals surface area contributed by atoms with Crippen LogP contribution in [0.25, 0.3) is 6.08 Å². The number of imidazole rings is 1. The van der Waals surface area contributed by atoms with Crippen molar-refractivity contribution < 1.29 is 9.53 Å². The lowest BCUT2D eigenvalue weighted by molar-refractivity contribution is -0.128. The molecule has 0 aliphatic carbocycles. The second kappa shape index (κ2) is 6.00. The number of aromatic nitrogens is 2. The standard InChI is InChI=1S/C15H16N2O2/c1-3-17-11-10-16-14(17)8-9-15(18)19-13-6-4-12(2)5-7-13/h4-11H,3H2,1-2H3/b9-8+. The minimum atomic E-state index is -0.408. The van der Waals surface area contributed by atoms with Crippen molar-refractivity contribution in [1.29, 1.82) is 0 Å². The van der Waals surface area contributed by atoms with Crippen molar-refractivity contribution >= 4 is 12.0 Å². The largest absolute Gasteiger partial charge is 0.423 e. The Morgan fingerprint density at radius 1 is 1.37 bits per heavy atom. The maximum Gasteiger partial charge on any atom is 0.336 e. The maximum absolute atomic E-state index is 11.6. The van der Waals surface area contributed by atoms with Gasteiger partial charge in [-0.05, 0) is 32.1 Å². The van der Waals surface area contributed by atoms with E-state index in [-0.39, 0.29) is 0 Å². The van der Waals surface area contributed by atoms with Gasteiger partial charge in [0, 0.05) is 25.0 Å². The lowest BCUT2D eigenvalue weighted by Gasteiger charge is -2.01. The highest BCUT2D eigenvalue weighted by Crippen LogP contribution is 2.12. The molecule has 0 atom stereocenters. The van der Waals surface area contributed by atoms with Crippen molar-refractivity contribution in [1.82, 2.24) is 9.55 Å². The highest BCUT2D eigenvalue weighted by Gasteiger charge is 2.01. The SMILES string of the molecule is CCn1ccnc1/C=C/C(=O)Oc1ccc(C)cc1. The summed E-state index contributed by atoms with van der Waals surface area (Å²) in [7, 11) is 0. The van der Waals surface area contributed by atoms with Gasteiger partial charge in [-0.15, -0.1) is 0 Å². The third-order valence-electron chi connectivity index (χ3n) is 2.70. The molecule has 0 aliphatic rings. The zero-order valence-electron chi connectivity index (χ0n) is 11.0. The first-order chi connectivity index (χ1) is 9.19. The highest BCUT2D eigenvalue weighted by molar-refractivity contribution is 5.88. The van der Waals surface area contributed by atoms with E-state index in [1.54, 1.807) is 24.4 Å². The molecule has 1 heterocycles. The number of hydrogen-bond acceptors (Lipinski definition) is 3. The predicted octanol–water partition coefficient (Wildman–Crippen LogP) is 2.83. The Balaban J connectivity index is 1.99. The van der Waals surface area contributed by atoms with Gasteiger partial charge in [0.05, 0.1) is 0 Å². The van der Waals surface area contributed by atoms with E-state index in [4.69, 9.17) is 4.74 Å². The van der Waals surface area contributed by atoms with Gasteiger partial charge in [0.1, 0.15) is 11.6 Å². The molecule has 0 aliphatic heterocycles. The molecule has 0 amide bonds. The first kappa shape index (κ1) is 13.1. The van der Waals surface area contributed by atoms with Gasteiger partial charge in [0.25, 0.3) is 0 Å².